The van der Waals surface area contributed by atoms with Gasteiger partial charge < -0.3 is 16.0 Å². The summed E-state index contributed by atoms with van der Waals surface area (Å²) in [4.78, 5) is 26.7. The van der Waals surface area contributed by atoms with E-state index in [4.69, 9.17) is 0 Å². The van der Waals surface area contributed by atoms with Crippen LogP contribution in [0.3, 0.4) is 0 Å². The molecule has 5 heteroatoms. The van der Waals surface area contributed by atoms with Gasteiger partial charge >= 0.3 is 6.03 Å². The van der Waals surface area contributed by atoms with Crippen LogP contribution < -0.4 is 16.0 Å². The summed E-state index contributed by atoms with van der Waals surface area (Å²) in [6.07, 6.45) is 0. The number of rotatable bonds is 9. The number of nitrogens with one attached hydrogen (secondary N) is 3. The van der Waals surface area contributed by atoms with Gasteiger partial charge in [0.05, 0.1) is 0 Å². The lowest BCUT2D eigenvalue weighted by Crippen LogP contribution is -2.49. The van der Waals surface area contributed by atoms with Crippen molar-refractivity contribution in [3.63, 3.8) is 0 Å². The molecule has 1 atom stereocenters. The number of hydrogen-bond acceptors (Lipinski definition) is 2. The van der Waals surface area contributed by atoms with Crippen LogP contribution in [0.5, 0.6) is 0 Å². The number of anilines is 2. The molecule has 0 aliphatic rings. The first-order valence-corrected chi connectivity index (χ1v) is 13.0. The molecule has 0 aromatic heterocycles. The highest BCUT2D eigenvalue weighted by molar-refractivity contribution is 6.00. The van der Waals surface area contributed by atoms with Crippen molar-refractivity contribution in [2.45, 2.75) is 99.0 Å². The molecule has 0 saturated heterocycles. The van der Waals surface area contributed by atoms with Crippen molar-refractivity contribution in [1.29, 1.82) is 0 Å². The highest BCUT2D eigenvalue weighted by atomic mass is 16.2. The number of urea groups is 1. The first-order valence-electron chi connectivity index (χ1n) is 13.0. The van der Waals surface area contributed by atoms with E-state index in [2.05, 4.69) is 95.6 Å². The van der Waals surface area contributed by atoms with E-state index in [9.17, 15) is 9.59 Å². The van der Waals surface area contributed by atoms with Gasteiger partial charge in [-0.25, -0.2) is 4.79 Å². The van der Waals surface area contributed by atoms with Crippen LogP contribution in [0.25, 0.3) is 0 Å². The van der Waals surface area contributed by atoms with E-state index in [1.807, 2.05) is 26.0 Å². The van der Waals surface area contributed by atoms with Crippen molar-refractivity contribution in [3.8, 4) is 0 Å². The van der Waals surface area contributed by atoms with Crippen molar-refractivity contribution < 1.29 is 9.59 Å². The fourth-order valence-electron chi connectivity index (χ4n) is 4.42. The molecule has 0 aliphatic carbocycles. The van der Waals surface area contributed by atoms with Gasteiger partial charge in [0, 0.05) is 11.4 Å². The molecule has 5 nitrogen and oxygen atoms in total. The molecular formula is C30H45N3O2. The molecule has 3 N–H and O–H groups in total. The molecule has 2 aromatic rings. The van der Waals surface area contributed by atoms with Gasteiger partial charge in [0.25, 0.3) is 0 Å². The third-order valence-electron chi connectivity index (χ3n) is 6.47. The van der Waals surface area contributed by atoms with Gasteiger partial charge in [-0.2, -0.15) is 0 Å². The Bertz CT molecular complexity index is 970. The normalized spacial score (nSPS) is 12.5. The van der Waals surface area contributed by atoms with E-state index in [0.29, 0.717) is 0 Å². The van der Waals surface area contributed by atoms with E-state index in [1.165, 1.54) is 0 Å². The van der Waals surface area contributed by atoms with Crippen LogP contribution in [0.15, 0.2) is 36.4 Å². The summed E-state index contributed by atoms with van der Waals surface area (Å²) in [5.41, 5.74) is 6.08. The van der Waals surface area contributed by atoms with Crippen LogP contribution in [0, 0.1) is 5.92 Å². The molecule has 192 valence electrons. The molecule has 2 rings (SSSR count). The Hall–Kier alpha value is -2.82. The fourth-order valence-corrected chi connectivity index (χ4v) is 4.42. The molecule has 3 amide bonds. The fraction of sp³-hybridized carbons (Fsp3) is 0.533. The highest BCUT2D eigenvalue weighted by Gasteiger charge is 2.27. The summed E-state index contributed by atoms with van der Waals surface area (Å²) in [6, 6.07) is 11.3. The summed E-state index contributed by atoms with van der Waals surface area (Å²) in [5, 5.41) is 9.20. The van der Waals surface area contributed by atoms with E-state index >= 15 is 0 Å². The van der Waals surface area contributed by atoms with Crippen molar-refractivity contribution in [3.05, 3.63) is 58.7 Å². The first kappa shape index (κ1) is 28.4. The van der Waals surface area contributed by atoms with Gasteiger partial charge in [0.1, 0.15) is 6.04 Å². The number of hydrogen-bond donors (Lipinski definition) is 3. The Balaban J connectivity index is 2.32. The Labute approximate surface area is 212 Å². The summed E-state index contributed by atoms with van der Waals surface area (Å²) >= 11 is 0. The second kappa shape index (κ2) is 12.2. The minimum Gasteiger partial charge on any atom is -0.326 e. The van der Waals surface area contributed by atoms with Crippen LogP contribution in [-0.4, -0.2) is 18.0 Å². The number of carbonyl (C=O) groups excluding carboxylic acids is 2. The van der Waals surface area contributed by atoms with Gasteiger partial charge in [0.2, 0.25) is 5.91 Å². The van der Waals surface area contributed by atoms with Crippen molar-refractivity contribution in [2.24, 2.45) is 5.92 Å². The van der Waals surface area contributed by atoms with Gasteiger partial charge in [0.15, 0.2) is 0 Å². The molecule has 0 unspecified atom stereocenters. The van der Waals surface area contributed by atoms with Gasteiger partial charge in [-0.1, -0.05) is 106 Å². The molecule has 2 aromatic carbocycles. The van der Waals surface area contributed by atoms with Crippen LogP contribution in [0.4, 0.5) is 16.2 Å². The number of benzene rings is 2. The predicted molar refractivity (Wildman–Crippen MR) is 149 cm³/mol. The molecule has 0 heterocycles. The zero-order chi connectivity index (χ0) is 26.4. The molecular weight excluding hydrogens is 434 g/mol. The van der Waals surface area contributed by atoms with Crippen molar-refractivity contribution in [2.75, 3.05) is 10.6 Å². The monoisotopic (exact) mass is 479 g/mol. The maximum absolute atomic E-state index is 13.5. The standard InChI is InChI=1S/C30H45N3O2/c1-17(2)22-13-11-14-23(18(3)4)27(22)31-29(34)26(21(9)10)32-30(35)33-28-24(19(5)6)15-12-16-25(28)20(7)8/h11-21,26H,1-10H3,(H,31,34)(H2,32,33,35)/t26-/m0/s1. The van der Waals surface area contributed by atoms with Crippen LogP contribution in [-0.2, 0) is 4.79 Å². The van der Waals surface area contributed by atoms with E-state index in [-0.39, 0.29) is 41.5 Å². The summed E-state index contributed by atoms with van der Waals surface area (Å²) in [5.74, 6) is 0.760. The zero-order valence-electron chi connectivity index (χ0n) is 23.2. The lowest BCUT2D eigenvalue weighted by atomic mass is 9.92. The lowest BCUT2D eigenvalue weighted by molar-refractivity contribution is -0.118. The topological polar surface area (TPSA) is 70.2 Å². The molecule has 0 bridgehead atoms. The number of amides is 3. The van der Waals surface area contributed by atoms with E-state index < -0.39 is 6.04 Å². The summed E-state index contributed by atoms with van der Waals surface area (Å²) in [6.45, 7) is 20.9. The van der Waals surface area contributed by atoms with Gasteiger partial charge in [-0.15, -0.1) is 0 Å². The van der Waals surface area contributed by atoms with Crippen molar-refractivity contribution in [1.82, 2.24) is 5.32 Å². The molecule has 0 saturated carbocycles. The number of para-hydroxylation sites is 2. The molecule has 0 aliphatic heterocycles. The van der Waals surface area contributed by atoms with E-state index in [1.54, 1.807) is 0 Å². The molecule has 0 spiro atoms. The Morgan fingerprint density at radius 2 is 0.914 bits per heavy atom. The van der Waals surface area contributed by atoms with Gasteiger partial charge in [-0.3, -0.25) is 4.79 Å². The Morgan fingerprint density at radius 3 is 1.23 bits per heavy atom. The van der Waals surface area contributed by atoms with Crippen LogP contribution in [0.2, 0.25) is 0 Å². The van der Waals surface area contributed by atoms with Crippen molar-refractivity contribution >= 4 is 23.3 Å². The highest BCUT2D eigenvalue weighted by Crippen LogP contribution is 2.34. The average molecular weight is 480 g/mol. The SMILES string of the molecule is CC(C)c1cccc(C(C)C)c1NC(=O)N[C@H](C(=O)Nc1c(C(C)C)cccc1C(C)C)C(C)C. The lowest BCUT2D eigenvalue weighted by Gasteiger charge is -2.26. The maximum Gasteiger partial charge on any atom is 0.319 e. The third-order valence-corrected chi connectivity index (χ3v) is 6.47. The largest absolute Gasteiger partial charge is 0.326 e. The maximum atomic E-state index is 13.5. The first-order chi connectivity index (χ1) is 16.3. The predicted octanol–water partition coefficient (Wildman–Crippen LogP) is 7.97. The molecule has 35 heavy (non-hydrogen) atoms. The molecule has 0 radical (unpaired) electrons. The smallest absolute Gasteiger partial charge is 0.319 e. The minimum absolute atomic E-state index is 0.0839. The van der Waals surface area contributed by atoms with Crippen LogP contribution in [0.1, 0.15) is 115 Å². The summed E-state index contributed by atoms with van der Waals surface area (Å²) < 4.78 is 0. The second-order valence-electron chi connectivity index (χ2n) is 11.1. The third kappa shape index (κ3) is 7.09. The Kier molecular flexibility index (Phi) is 9.93. The number of carbonyl (C=O) groups is 2. The quantitative estimate of drug-likeness (QED) is 0.341. The summed E-state index contributed by atoms with van der Waals surface area (Å²) in [7, 11) is 0. The Morgan fingerprint density at radius 1 is 0.571 bits per heavy atom. The average Bonchev–Trinajstić information content (AvgIpc) is 2.76. The zero-order valence-corrected chi connectivity index (χ0v) is 23.2. The minimum atomic E-state index is -0.677. The second-order valence-corrected chi connectivity index (χ2v) is 11.1. The van der Waals surface area contributed by atoms with Crippen LogP contribution >= 0.6 is 0 Å². The van der Waals surface area contributed by atoms with E-state index in [0.717, 1.165) is 33.6 Å². The van der Waals surface area contributed by atoms with Gasteiger partial charge in [-0.05, 0) is 51.8 Å². The molecule has 0 fully saturated rings.